The van der Waals surface area contributed by atoms with E-state index >= 15 is 0 Å². The molecule has 3 heterocycles. The van der Waals surface area contributed by atoms with Gasteiger partial charge >= 0.3 is 0 Å². The maximum atomic E-state index is 12.5. The number of amides is 2. The zero-order valence-corrected chi connectivity index (χ0v) is 16.5. The van der Waals surface area contributed by atoms with Gasteiger partial charge in [-0.15, -0.1) is 0 Å². The first-order chi connectivity index (χ1) is 13.4. The summed E-state index contributed by atoms with van der Waals surface area (Å²) in [4.78, 5) is 27.5. The fraction of sp³-hybridized carbons (Fsp3) is 0.350. The number of aryl methyl sites for hydroxylation is 1. The van der Waals surface area contributed by atoms with E-state index in [0.717, 1.165) is 22.5 Å². The number of nitrogens with one attached hydrogen (secondary N) is 1. The summed E-state index contributed by atoms with van der Waals surface area (Å²) in [5, 5.41) is 7.81. The third-order valence-corrected chi connectivity index (χ3v) is 5.70. The highest BCUT2D eigenvalue weighted by atomic mass is 35.5. The van der Waals surface area contributed by atoms with Gasteiger partial charge in [0.15, 0.2) is 6.61 Å². The molecule has 0 radical (unpaired) electrons. The molecule has 1 fully saturated rings. The van der Waals surface area contributed by atoms with Crippen molar-refractivity contribution in [2.45, 2.75) is 13.8 Å². The minimum atomic E-state index is -0.114. The van der Waals surface area contributed by atoms with E-state index in [9.17, 15) is 9.59 Å². The van der Waals surface area contributed by atoms with Crippen LogP contribution in [-0.2, 0) is 9.59 Å². The Hall–Kier alpha value is -2.80. The van der Waals surface area contributed by atoms with Gasteiger partial charge in [0.1, 0.15) is 5.75 Å². The normalized spacial score (nSPS) is 16.5. The molecule has 7 nitrogen and oxygen atoms in total. The quantitative estimate of drug-likeness (QED) is 0.800. The van der Waals surface area contributed by atoms with E-state index in [0.29, 0.717) is 36.1 Å². The summed E-state index contributed by atoms with van der Waals surface area (Å²) in [6.07, 6.45) is 1.31. The van der Waals surface area contributed by atoms with Crippen LogP contribution in [0.25, 0.3) is 11.3 Å². The lowest BCUT2D eigenvalue weighted by Gasteiger charge is -2.42. The number of nitrogens with zero attached hydrogens (tertiary/aromatic N) is 3. The van der Waals surface area contributed by atoms with Gasteiger partial charge in [-0.2, -0.15) is 5.10 Å². The Kier molecular flexibility index (Phi) is 4.63. The number of H-pyrrole nitrogens is 1. The van der Waals surface area contributed by atoms with Gasteiger partial charge in [0.05, 0.1) is 16.4 Å². The molecule has 146 valence electrons. The fourth-order valence-corrected chi connectivity index (χ4v) is 3.85. The number of anilines is 1. The van der Waals surface area contributed by atoms with Gasteiger partial charge in [0.2, 0.25) is 5.91 Å². The molecule has 4 rings (SSSR count). The van der Waals surface area contributed by atoms with E-state index in [1.54, 1.807) is 15.9 Å². The molecule has 2 aliphatic heterocycles. The number of hydrogen-bond acceptors (Lipinski definition) is 4. The van der Waals surface area contributed by atoms with Crippen molar-refractivity contribution in [1.82, 2.24) is 15.1 Å². The van der Waals surface area contributed by atoms with Crippen LogP contribution in [0.15, 0.2) is 24.8 Å². The van der Waals surface area contributed by atoms with E-state index in [-0.39, 0.29) is 24.3 Å². The van der Waals surface area contributed by atoms with Crippen LogP contribution in [0.3, 0.4) is 0 Å². The average Bonchev–Trinajstić information content (AvgIpc) is 2.97. The van der Waals surface area contributed by atoms with Crippen molar-refractivity contribution in [2.75, 3.05) is 31.1 Å². The molecule has 0 spiro atoms. The van der Waals surface area contributed by atoms with Gasteiger partial charge in [0.25, 0.3) is 5.91 Å². The molecule has 0 atom stereocenters. The number of fused-ring (bicyclic) bond motifs is 1. The molecule has 0 bridgehead atoms. The van der Waals surface area contributed by atoms with Crippen molar-refractivity contribution in [1.29, 1.82) is 0 Å². The molecule has 2 aliphatic rings. The van der Waals surface area contributed by atoms with Crippen LogP contribution in [0.1, 0.15) is 11.3 Å². The Morgan fingerprint density at radius 1 is 1.43 bits per heavy atom. The first kappa shape index (κ1) is 18.6. The Morgan fingerprint density at radius 3 is 2.82 bits per heavy atom. The van der Waals surface area contributed by atoms with Crippen molar-refractivity contribution < 1.29 is 14.3 Å². The summed E-state index contributed by atoms with van der Waals surface area (Å²) in [6, 6.07) is 3.60. The Balaban J connectivity index is 1.60. The summed E-state index contributed by atoms with van der Waals surface area (Å²) in [5.74, 6) is 0.629. The molecule has 28 heavy (non-hydrogen) atoms. The molecule has 1 saturated heterocycles. The van der Waals surface area contributed by atoms with Crippen LogP contribution in [0, 0.1) is 19.8 Å². The van der Waals surface area contributed by atoms with Crippen LogP contribution < -0.4 is 9.64 Å². The van der Waals surface area contributed by atoms with Crippen LogP contribution >= 0.6 is 11.6 Å². The maximum absolute atomic E-state index is 12.5. The van der Waals surface area contributed by atoms with Gasteiger partial charge in [-0.25, -0.2) is 0 Å². The van der Waals surface area contributed by atoms with Crippen molar-refractivity contribution in [2.24, 2.45) is 5.92 Å². The third-order valence-electron chi connectivity index (χ3n) is 5.38. The molecule has 1 N–H and O–H groups in total. The highest BCUT2D eigenvalue weighted by Crippen LogP contribution is 2.41. The fourth-order valence-electron chi connectivity index (χ4n) is 3.60. The average molecular weight is 401 g/mol. The summed E-state index contributed by atoms with van der Waals surface area (Å²) >= 11 is 6.55. The van der Waals surface area contributed by atoms with Crippen LogP contribution in [0.5, 0.6) is 5.75 Å². The molecule has 2 aromatic rings. The Bertz CT molecular complexity index is 978. The van der Waals surface area contributed by atoms with Crippen LogP contribution in [0.4, 0.5) is 5.69 Å². The van der Waals surface area contributed by atoms with Crippen molar-refractivity contribution in [3.8, 4) is 17.0 Å². The number of benzene rings is 1. The lowest BCUT2D eigenvalue weighted by molar-refractivity contribution is -0.131. The number of hydrogen-bond donors (Lipinski definition) is 1. The predicted octanol–water partition coefficient (Wildman–Crippen LogP) is 2.72. The molecule has 1 aromatic heterocycles. The minimum absolute atomic E-state index is 0.0192. The van der Waals surface area contributed by atoms with Crippen molar-refractivity contribution in [3.63, 3.8) is 0 Å². The van der Waals surface area contributed by atoms with E-state index < -0.39 is 0 Å². The number of likely N-dealkylation sites (tertiary alicyclic amines) is 1. The van der Waals surface area contributed by atoms with Crippen molar-refractivity contribution in [3.05, 3.63) is 41.1 Å². The van der Waals surface area contributed by atoms with E-state index in [4.69, 9.17) is 16.3 Å². The van der Waals surface area contributed by atoms with Crippen molar-refractivity contribution >= 4 is 29.1 Å². The van der Waals surface area contributed by atoms with Gasteiger partial charge in [-0.3, -0.25) is 14.7 Å². The number of aromatic amines is 1. The summed E-state index contributed by atoms with van der Waals surface area (Å²) in [7, 11) is 0. The van der Waals surface area contributed by atoms with Gasteiger partial charge in [-0.05, 0) is 37.6 Å². The number of halogens is 1. The lowest BCUT2D eigenvalue weighted by atomic mass is 9.98. The molecule has 0 saturated carbocycles. The Morgan fingerprint density at radius 2 is 2.18 bits per heavy atom. The summed E-state index contributed by atoms with van der Waals surface area (Å²) < 4.78 is 5.67. The van der Waals surface area contributed by atoms with E-state index in [1.165, 1.54) is 6.08 Å². The third kappa shape index (κ3) is 3.05. The standard InChI is InChI=1S/C20H21ClN4O3/c1-4-18(26)24-7-13(8-24)9-25-16-6-15(21)14(5-17(16)28-10-19(25)27)20-11(2)12(3)22-23-20/h4-6,13H,1,7-10H2,2-3H3,(H,22,23). The number of rotatable bonds is 4. The van der Waals surface area contributed by atoms with Gasteiger partial charge in [-0.1, -0.05) is 18.2 Å². The zero-order valence-electron chi connectivity index (χ0n) is 15.8. The zero-order chi connectivity index (χ0) is 20.0. The highest BCUT2D eigenvalue weighted by Gasteiger charge is 2.35. The van der Waals surface area contributed by atoms with E-state index in [2.05, 4.69) is 16.8 Å². The molecule has 0 unspecified atom stereocenters. The maximum Gasteiger partial charge on any atom is 0.265 e. The van der Waals surface area contributed by atoms with E-state index in [1.807, 2.05) is 19.9 Å². The molecule has 0 aliphatic carbocycles. The SMILES string of the molecule is C=CC(=O)N1CC(CN2C(=O)COc3cc(-c4n[nH]c(C)c4C)c(Cl)cc32)C1. The second-order valence-electron chi connectivity index (χ2n) is 7.23. The molecular weight excluding hydrogens is 380 g/mol. The predicted molar refractivity (Wildman–Crippen MR) is 107 cm³/mol. The molecule has 8 heteroatoms. The molecular formula is C20H21ClN4O3. The number of carbonyl (C=O) groups excluding carboxylic acids is 2. The summed E-state index contributed by atoms with van der Waals surface area (Å²) in [5.41, 5.74) is 4.19. The molecule has 1 aromatic carbocycles. The number of aromatic nitrogens is 2. The molecule has 2 amide bonds. The number of carbonyl (C=O) groups is 2. The van der Waals surface area contributed by atoms with Gasteiger partial charge < -0.3 is 14.5 Å². The highest BCUT2D eigenvalue weighted by molar-refractivity contribution is 6.34. The monoisotopic (exact) mass is 400 g/mol. The first-order valence-electron chi connectivity index (χ1n) is 9.09. The summed E-state index contributed by atoms with van der Waals surface area (Å²) in [6.45, 7) is 9.16. The topological polar surface area (TPSA) is 78.5 Å². The minimum Gasteiger partial charge on any atom is -0.482 e. The van der Waals surface area contributed by atoms with Crippen LogP contribution in [-0.4, -0.2) is 53.2 Å². The lowest BCUT2D eigenvalue weighted by Crippen LogP contribution is -2.55. The van der Waals surface area contributed by atoms with Gasteiger partial charge in [0, 0.05) is 36.8 Å². The smallest absolute Gasteiger partial charge is 0.265 e. The largest absolute Gasteiger partial charge is 0.482 e. The second kappa shape index (κ2) is 6.98. The second-order valence-corrected chi connectivity index (χ2v) is 7.64. The Labute approximate surface area is 167 Å². The number of ether oxygens (including phenoxy) is 1. The van der Waals surface area contributed by atoms with Crippen LogP contribution in [0.2, 0.25) is 5.02 Å². The first-order valence-corrected chi connectivity index (χ1v) is 9.46.